The highest BCUT2D eigenvalue weighted by atomic mass is 35.5. The number of halogens is 1. The summed E-state index contributed by atoms with van der Waals surface area (Å²) in [4.78, 5) is 8.17. The van der Waals surface area contributed by atoms with Gasteiger partial charge < -0.3 is 4.90 Å². The van der Waals surface area contributed by atoms with Gasteiger partial charge in [-0.1, -0.05) is 11.6 Å². The maximum absolute atomic E-state index is 5.83. The van der Waals surface area contributed by atoms with E-state index in [4.69, 9.17) is 11.6 Å². The highest BCUT2D eigenvalue weighted by Crippen LogP contribution is 2.27. The Morgan fingerprint density at radius 2 is 2.25 bits per heavy atom. The molecule has 16 heavy (non-hydrogen) atoms. The fourth-order valence-electron chi connectivity index (χ4n) is 2.00. The van der Waals surface area contributed by atoms with Crippen LogP contribution < -0.4 is 4.90 Å². The Morgan fingerprint density at radius 1 is 1.31 bits per heavy atom. The molecule has 0 saturated heterocycles. The monoisotopic (exact) mass is 250 g/mol. The molecule has 1 aliphatic rings. The molecule has 82 valence electrons. The third-order valence-corrected chi connectivity index (χ3v) is 4.09. The number of anilines is 1. The number of pyridine rings is 1. The van der Waals surface area contributed by atoms with Gasteiger partial charge in [-0.3, -0.25) is 0 Å². The highest BCUT2D eigenvalue weighted by Gasteiger charge is 2.17. The summed E-state index contributed by atoms with van der Waals surface area (Å²) in [5.41, 5.74) is 1.44. The number of fused-ring (bicyclic) bond motifs is 1. The Hall–Kier alpha value is -1.06. The molecule has 0 amide bonds. The van der Waals surface area contributed by atoms with E-state index in [1.54, 1.807) is 6.20 Å². The summed E-state index contributed by atoms with van der Waals surface area (Å²) in [5.74, 6) is 1.02. The summed E-state index contributed by atoms with van der Waals surface area (Å²) in [6.07, 6.45) is 2.83. The summed E-state index contributed by atoms with van der Waals surface area (Å²) in [5, 5.41) is 2.86. The lowest BCUT2D eigenvalue weighted by Crippen LogP contribution is -2.29. The molecule has 2 aromatic rings. The number of nitrogens with zero attached hydrogens (tertiary/aromatic N) is 2. The third kappa shape index (κ3) is 1.81. The molecule has 0 bridgehead atoms. The Balaban J connectivity index is 1.86. The van der Waals surface area contributed by atoms with E-state index in [2.05, 4.69) is 21.3 Å². The van der Waals surface area contributed by atoms with Gasteiger partial charge >= 0.3 is 0 Å². The van der Waals surface area contributed by atoms with Gasteiger partial charge in [-0.15, -0.1) is 11.3 Å². The van der Waals surface area contributed by atoms with Crippen LogP contribution in [0.5, 0.6) is 0 Å². The molecule has 0 aromatic carbocycles. The Labute approximate surface area is 104 Å². The van der Waals surface area contributed by atoms with Gasteiger partial charge in [0.15, 0.2) is 0 Å². The molecule has 0 N–H and O–H groups in total. The number of aromatic nitrogens is 1. The minimum Gasteiger partial charge on any atom is -0.352 e. The topological polar surface area (TPSA) is 16.1 Å². The van der Waals surface area contributed by atoms with Gasteiger partial charge in [-0.25, -0.2) is 4.98 Å². The average molecular weight is 251 g/mol. The molecule has 3 rings (SSSR count). The summed E-state index contributed by atoms with van der Waals surface area (Å²) in [6, 6.07) is 6.09. The molecular weight excluding hydrogens is 240 g/mol. The van der Waals surface area contributed by atoms with Crippen molar-refractivity contribution in [1.82, 2.24) is 4.98 Å². The Bertz CT molecular complexity index is 492. The molecule has 0 unspecified atom stereocenters. The molecule has 0 atom stereocenters. The first-order valence-corrected chi connectivity index (χ1v) is 6.50. The quantitative estimate of drug-likeness (QED) is 0.772. The SMILES string of the molecule is Clc1ccc(N2CCc3sccc3C2)nc1. The number of thiophene rings is 1. The smallest absolute Gasteiger partial charge is 0.128 e. The summed E-state index contributed by atoms with van der Waals surface area (Å²) >= 11 is 7.69. The molecule has 1 aliphatic heterocycles. The molecule has 0 aliphatic carbocycles. The second kappa shape index (κ2) is 4.07. The molecule has 2 nitrogen and oxygen atoms in total. The average Bonchev–Trinajstić information content (AvgIpc) is 2.77. The van der Waals surface area contributed by atoms with Crippen LogP contribution in [-0.4, -0.2) is 11.5 Å². The molecule has 0 saturated carbocycles. The fourth-order valence-corrected chi connectivity index (χ4v) is 3.00. The van der Waals surface area contributed by atoms with Crippen molar-refractivity contribution in [2.75, 3.05) is 11.4 Å². The molecular formula is C12H11ClN2S. The van der Waals surface area contributed by atoms with Crippen LogP contribution in [0.4, 0.5) is 5.82 Å². The van der Waals surface area contributed by atoms with Crippen LogP contribution in [0.2, 0.25) is 5.02 Å². The Morgan fingerprint density at radius 3 is 3.06 bits per heavy atom. The number of rotatable bonds is 1. The van der Waals surface area contributed by atoms with Crippen molar-refractivity contribution in [3.63, 3.8) is 0 Å². The maximum Gasteiger partial charge on any atom is 0.128 e. The van der Waals surface area contributed by atoms with Gasteiger partial charge in [0.25, 0.3) is 0 Å². The van der Waals surface area contributed by atoms with E-state index < -0.39 is 0 Å². The van der Waals surface area contributed by atoms with E-state index in [1.165, 1.54) is 10.4 Å². The van der Waals surface area contributed by atoms with Crippen LogP contribution >= 0.6 is 22.9 Å². The van der Waals surface area contributed by atoms with Crippen molar-refractivity contribution >= 4 is 28.8 Å². The van der Waals surface area contributed by atoms with Gasteiger partial charge in [0.2, 0.25) is 0 Å². The van der Waals surface area contributed by atoms with Crippen LogP contribution in [0.1, 0.15) is 10.4 Å². The summed E-state index contributed by atoms with van der Waals surface area (Å²) in [7, 11) is 0. The molecule has 0 radical (unpaired) electrons. The minimum absolute atomic E-state index is 0.692. The van der Waals surface area contributed by atoms with Crippen molar-refractivity contribution < 1.29 is 0 Å². The normalized spacial score (nSPS) is 14.9. The maximum atomic E-state index is 5.83. The van der Waals surface area contributed by atoms with E-state index in [9.17, 15) is 0 Å². The molecule has 0 spiro atoms. The van der Waals surface area contributed by atoms with E-state index in [1.807, 2.05) is 23.5 Å². The van der Waals surface area contributed by atoms with Crippen molar-refractivity contribution in [2.24, 2.45) is 0 Å². The van der Waals surface area contributed by atoms with Crippen molar-refractivity contribution in [3.8, 4) is 0 Å². The second-order valence-corrected chi connectivity index (χ2v) is 5.31. The summed E-state index contributed by atoms with van der Waals surface area (Å²) < 4.78 is 0. The number of hydrogen-bond donors (Lipinski definition) is 0. The zero-order valence-electron chi connectivity index (χ0n) is 8.69. The lowest BCUT2D eigenvalue weighted by molar-refractivity contribution is 0.732. The van der Waals surface area contributed by atoms with E-state index >= 15 is 0 Å². The van der Waals surface area contributed by atoms with Crippen molar-refractivity contribution in [3.05, 3.63) is 45.2 Å². The van der Waals surface area contributed by atoms with Crippen LogP contribution in [-0.2, 0) is 13.0 Å². The molecule has 3 heterocycles. The number of hydrogen-bond acceptors (Lipinski definition) is 3. The predicted octanol–water partition coefficient (Wildman–Crippen LogP) is 3.36. The predicted molar refractivity (Wildman–Crippen MR) is 68.3 cm³/mol. The first-order valence-electron chi connectivity index (χ1n) is 5.25. The van der Waals surface area contributed by atoms with Gasteiger partial charge in [0.1, 0.15) is 5.82 Å². The van der Waals surface area contributed by atoms with Crippen molar-refractivity contribution in [1.29, 1.82) is 0 Å². The van der Waals surface area contributed by atoms with Gasteiger partial charge in [-0.05, 0) is 35.6 Å². The van der Waals surface area contributed by atoms with Crippen LogP contribution in [0, 0.1) is 0 Å². The molecule has 4 heteroatoms. The van der Waals surface area contributed by atoms with E-state index in [0.29, 0.717) is 5.02 Å². The van der Waals surface area contributed by atoms with Gasteiger partial charge in [-0.2, -0.15) is 0 Å². The third-order valence-electron chi connectivity index (χ3n) is 2.84. The zero-order chi connectivity index (χ0) is 11.0. The molecule has 2 aromatic heterocycles. The first kappa shape index (κ1) is 10.1. The molecule has 0 fully saturated rings. The first-order chi connectivity index (χ1) is 7.83. The van der Waals surface area contributed by atoms with E-state index in [0.717, 1.165) is 25.3 Å². The van der Waals surface area contributed by atoms with Gasteiger partial charge in [0.05, 0.1) is 5.02 Å². The lowest BCUT2D eigenvalue weighted by Gasteiger charge is -2.27. The van der Waals surface area contributed by atoms with Gasteiger partial charge in [0, 0.05) is 24.2 Å². The van der Waals surface area contributed by atoms with Crippen LogP contribution in [0.15, 0.2) is 29.8 Å². The highest BCUT2D eigenvalue weighted by molar-refractivity contribution is 7.10. The standard InChI is InChI=1S/C12H11ClN2S/c13-10-1-2-12(14-7-10)15-5-3-11-9(8-15)4-6-16-11/h1-2,4,6-7H,3,5,8H2. The zero-order valence-corrected chi connectivity index (χ0v) is 10.3. The summed E-state index contributed by atoms with van der Waals surface area (Å²) in [6.45, 7) is 2.01. The largest absolute Gasteiger partial charge is 0.352 e. The van der Waals surface area contributed by atoms with Crippen LogP contribution in [0.25, 0.3) is 0 Å². The minimum atomic E-state index is 0.692. The Kier molecular flexibility index (Phi) is 2.58. The fraction of sp³-hybridized carbons (Fsp3) is 0.250. The van der Waals surface area contributed by atoms with E-state index in [-0.39, 0.29) is 0 Å². The second-order valence-electron chi connectivity index (χ2n) is 3.88. The van der Waals surface area contributed by atoms with Crippen molar-refractivity contribution in [2.45, 2.75) is 13.0 Å². The lowest BCUT2D eigenvalue weighted by atomic mass is 10.1. The van der Waals surface area contributed by atoms with Crippen LogP contribution in [0.3, 0.4) is 0 Å².